The maximum atomic E-state index is 13.7. The topological polar surface area (TPSA) is 54.3 Å². The van der Waals surface area contributed by atoms with Crippen molar-refractivity contribution in [3.8, 4) is 0 Å². The summed E-state index contributed by atoms with van der Waals surface area (Å²) in [7, 11) is 0. The molecule has 0 spiro atoms. The van der Waals surface area contributed by atoms with Crippen molar-refractivity contribution in [2.45, 2.75) is 18.5 Å². The lowest BCUT2D eigenvalue weighted by molar-refractivity contribution is 0.475. The predicted molar refractivity (Wildman–Crippen MR) is 111 cm³/mol. The van der Waals surface area contributed by atoms with Gasteiger partial charge in [0, 0.05) is 29.5 Å². The zero-order valence-corrected chi connectivity index (χ0v) is 15.8. The minimum Gasteiger partial charge on any atom is -0.310 e. The summed E-state index contributed by atoms with van der Waals surface area (Å²) in [4.78, 5) is 20.2. The van der Waals surface area contributed by atoms with Crippen molar-refractivity contribution in [1.29, 1.82) is 0 Å². The molecule has 142 valence electrons. The van der Waals surface area contributed by atoms with Crippen LogP contribution in [0, 0.1) is 5.82 Å². The van der Waals surface area contributed by atoms with Gasteiger partial charge in [-0.3, -0.25) is 15.0 Å². The standard InChI is InChI=1S/C23H18FN5/c1-16-23(18-6-8-20(24)9-7-18,28-15-29(16)22-14-25-10-11-26-22)19-12-17-4-2-3-5-21(17)27-13-19/h2-16H,1H3. The molecule has 2 aromatic heterocycles. The van der Waals surface area contributed by atoms with Gasteiger partial charge in [-0.1, -0.05) is 30.3 Å². The average Bonchev–Trinajstić information content (AvgIpc) is 3.12. The van der Waals surface area contributed by atoms with E-state index in [0.29, 0.717) is 5.82 Å². The second-order valence-electron chi connectivity index (χ2n) is 7.08. The third-order valence-electron chi connectivity index (χ3n) is 5.54. The van der Waals surface area contributed by atoms with Crippen molar-refractivity contribution in [1.82, 2.24) is 15.0 Å². The van der Waals surface area contributed by atoms with Gasteiger partial charge in [-0.05, 0) is 36.8 Å². The highest BCUT2D eigenvalue weighted by Gasteiger charge is 2.46. The van der Waals surface area contributed by atoms with E-state index in [1.807, 2.05) is 35.4 Å². The van der Waals surface area contributed by atoms with Crippen LogP contribution in [0.15, 0.2) is 84.4 Å². The Kier molecular flexibility index (Phi) is 4.05. The molecule has 2 aromatic carbocycles. The molecule has 0 aliphatic carbocycles. The SMILES string of the molecule is CC1N(c2cnccn2)C=NC1(c1ccc(F)cc1)c1cnc2ccccc2c1. The molecule has 5 nitrogen and oxygen atoms in total. The summed E-state index contributed by atoms with van der Waals surface area (Å²) in [5.74, 6) is 0.433. The van der Waals surface area contributed by atoms with Crippen molar-refractivity contribution in [2.75, 3.05) is 4.90 Å². The number of pyridine rings is 1. The highest BCUT2D eigenvalue weighted by molar-refractivity contribution is 5.84. The van der Waals surface area contributed by atoms with Gasteiger partial charge in [-0.25, -0.2) is 9.37 Å². The van der Waals surface area contributed by atoms with E-state index < -0.39 is 5.54 Å². The largest absolute Gasteiger partial charge is 0.310 e. The van der Waals surface area contributed by atoms with Gasteiger partial charge >= 0.3 is 0 Å². The van der Waals surface area contributed by atoms with Gasteiger partial charge < -0.3 is 4.90 Å². The fourth-order valence-corrected chi connectivity index (χ4v) is 4.03. The van der Waals surface area contributed by atoms with Gasteiger partial charge in [0.25, 0.3) is 0 Å². The molecule has 5 rings (SSSR count). The second-order valence-corrected chi connectivity index (χ2v) is 7.08. The van der Waals surface area contributed by atoms with E-state index in [2.05, 4.69) is 27.9 Å². The van der Waals surface area contributed by atoms with E-state index in [1.54, 1.807) is 37.1 Å². The minimum absolute atomic E-state index is 0.118. The molecular formula is C23H18FN5. The van der Waals surface area contributed by atoms with E-state index in [4.69, 9.17) is 4.99 Å². The van der Waals surface area contributed by atoms with Crippen LogP contribution in [-0.2, 0) is 5.54 Å². The molecule has 4 aromatic rings. The summed E-state index contributed by atoms with van der Waals surface area (Å²) in [6, 6.07) is 16.5. The van der Waals surface area contributed by atoms with Crippen LogP contribution in [0.5, 0.6) is 0 Å². The summed E-state index contributed by atoms with van der Waals surface area (Å²) in [6.07, 6.45) is 8.65. The zero-order chi connectivity index (χ0) is 19.8. The van der Waals surface area contributed by atoms with Crippen LogP contribution in [-0.4, -0.2) is 27.3 Å². The van der Waals surface area contributed by atoms with E-state index in [9.17, 15) is 4.39 Å². The highest BCUT2D eigenvalue weighted by atomic mass is 19.1. The monoisotopic (exact) mass is 383 g/mol. The van der Waals surface area contributed by atoms with Gasteiger partial charge in [0.1, 0.15) is 11.4 Å². The molecular weight excluding hydrogens is 365 g/mol. The summed E-state index contributed by atoms with van der Waals surface area (Å²) in [6.45, 7) is 2.08. The number of para-hydroxylation sites is 1. The first-order valence-electron chi connectivity index (χ1n) is 9.39. The number of hydrogen-bond donors (Lipinski definition) is 0. The van der Waals surface area contributed by atoms with Gasteiger partial charge in [0.2, 0.25) is 0 Å². The van der Waals surface area contributed by atoms with Gasteiger partial charge in [-0.2, -0.15) is 0 Å². The smallest absolute Gasteiger partial charge is 0.152 e. The number of anilines is 1. The molecule has 29 heavy (non-hydrogen) atoms. The Bertz CT molecular complexity index is 1190. The summed E-state index contributed by atoms with van der Waals surface area (Å²) >= 11 is 0. The summed E-state index contributed by atoms with van der Waals surface area (Å²) in [5, 5.41) is 1.03. The number of fused-ring (bicyclic) bond motifs is 1. The van der Waals surface area contributed by atoms with Crippen LogP contribution in [0.4, 0.5) is 10.2 Å². The van der Waals surface area contributed by atoms with E-state index in [1.165, 1.54) is 12.1 Å². The van der Waals surface area contributed by atoms with Crippen molar-refractivity contribution in [3.63, 3.8) is 0 Å². The molecule has 0 bridgehead atoms. The second kappa shape index (κ2) is 6.74. The molecule has 2 unspecified atom stereocenters. The number of aliphatic imine (C=N–C) groups is 1. The lowest BCUT2D eigenvalue weighted by Gasteiger charge is -2.35. The molecule has 0 radical (unpaired) electrons. The molecule has 0 N–H and O–H groups in total. The molecule has 6 heteroatoms. The van der Waals surface area contributed by atoms with Gasteiger partial charge in [0.05, 0.1) is 24.1 Å². The lowest BCUT2D eigenvalue weighted by atomic mass is 9.78. The van der Waals surface area contributed by atoms with E-state index in [-0.39, 0.29) is 11.9 Å². The molecule has 1 aliphatic rings. The van der Waals surface area contributed by atoms with E-state index >= 15 is 0 Å². The zero-order valence-electron chi connectivity index (χ0n) is 15.8. The number of rotatable bonds is 3. The summed E-state index contributed by atoms with van der Waals surface area (Å²) < 4.78 is 13.7. The molecule has 0 saturated heterocycles. The minimum atomic E-state index is -0.748. The van der Waals surface area contributed by atoms with Crippen LogP contribution in [0.2, 0.25) is 0 Å². The van der Waals surface area contributed by atoms with E-state index in [0.717, 1.165) is 22.0 Å². The predicted octanol–water partition coefficient (Wildman–Crippen LogP) is 4.34. The highest BCUT2D eigenvalue weighted by Crippen LogP contribution is 2.43. The van der Waals surface area contributed by atoms with Crippen molar-refractivity contribution >= 4 is 23.1 Å². The number of hydrogen-bond acceptors (Lipinski definition) is 5. The lowest BCUT2D eigenvalue weighted by Crippen LogP contribution is -2.43. The third-order valence-corrected chi connectivity index (χ3v) is 5.54. The maximum absolute atomic E-state index is 13.7. The molecule has 0 amide bonds. The van der Waals surface area contributed by atoms with Crippen LogP contribution in [0.3, 0.4) is 0 Å². The van der Waals surface area contributed by atoms with Gasteiger partial charge in [0.15, 0.2) is 5.82 Å². The normalized spacial score (nSPS) is 21.0. The fraction of sp³-hybridized carbons (Fsp3) is 0.130. The van der Waals surface area contributed by atoms with Crippen LogP contribution < -0.4 is 4.90 Å². The first-order valence-corrected chi connectivity index (χ1v) is 9.39. The van der Waals surface area contributed by atoms with Gasteiger partial charge in [-0.15, -0.1) is 0 Å². The molecule has 0 fully saturated rings. The number of halogens is 1. The fourth-order valence-electron chi connectivity index (χ4n) is 4.03. The van der Waals surface area contributed by atoms with Crippen LogP contribution in [0.25, 0.3) is 10.9 Å². The van der Waals surface area contributed by atoms with Crippen molar-refractivity contribution < 1.29 is 4.39 Å². The quantitative estimate of drug-likeness (QED) is 0.528. The Balaban J connectivity index is 1.70. The summed E-state index contributed by atoms with van der Waals surface area (Å²) in [5.41, 5.74) is 2.01. The molecule has 2 atom stereocenters. The Morgan fingerprint density at radius 2 is 1.76 bits per heavy atom. The number of benzene rings is 2. The Labute approximate surface area is 167 Å². The molecule has 0 saturated carbocycles. The first kappa shape index (κ1) is 17.4. The van der Waals surface area contributed by atoms with Crippen LogP contribution >= 0.6 is 0 Å². The third kappa shape index (κ3) is 2.76. The Morgan fingerprint density at radius 1 is 0.931 bits per heavy atom. The number of nitrogens with zero attached hydrogens (tertiary/aromatic N) is 5. The Hall–Kier alpha value is -3.67. The molecule has 1 aliphatic heterocycles. The Morgan fingerprint density at radius 3 is 2.55 bits per heavy atom. The van der Waals surface area contributed by atoms with Crippen molar-refractivity contribution in [2.24, 2.45) is 4.99 Å². The molecule has 3 heterocycles. The van der Waals surface area contributed by atoms with Crippen molar-refractivity contribution in [3.05, 3.63) is 96.3 Å². The number of aromatic nitrogens is 3. The average molecular weight is 383 g/mol. The first-order chi connectivity index (χ1) is 14.2. The van der Waals surface area contributed by atoms with Crippen LogP contribution in [0.1, 0.15) is 18.1 Å². The maximum Gasteiger partial charge on any atom is 0.152 e.